The average molecular weight is 406 g/mol. The van der Waals surface area contributed by atoms with E-state index >= 15 is 0 Å². The van der Waals surface area contributed by atoms with Gasteiger partial charge in [-0.1, -0.05) is 18.2 Å². The van der Waals surface area contributed by atoms with E-state index in [0.717, 1.165) is 24.2 Å². The number of nitriles is 1. The maximum absolute atomic E-state index is 12.8. The van der Waals surface area contributed by atoms with Crippen LogP contribution in [-0.2, 0) is 9.53 Å². The maximum Gasteiger partial charge on any atom is 0.357 e. The lowest BCUT2D eigenvalue weighted by molar-refractivity contribution is -0.123. The summed E-state index contributed by atoms with van der Waals surface area (Å²) in [5.41, 5.74) is 2.26. The fraction of sp³-hybridized carbons (Fsp3) is 0.238. The highest BCUT2D eigenvalue weighted by Crippen LogP contribution is 2.39. The van der Waals surface area contributed by atoms with E-state index in [0.29, 0.717) is 16.5 Å². The predicted octanol–water partition coefficient (Wildman–Crippen LogP) is 3.87. The lowest BCUT2D eigenvalue weighted by Gasteiger charge is -2.13. The van der Waals surface area contributed by atoms with E-state index in [1.165, 1.54) is 18.3 Å². The van der Waals surface area contributed by atoms with E-state index in [9.17, 15) is 9.59 Å². The molecule has 1 saturated carbocycles. The summed E-state index contributed by atoms with van der Waals surface area (Å²) in [7, 11) is 0. The molecule has 1 atom stereocenters. The first kappa shape index (κ1) is 18.9. The van der Waals surface area contributed by atoms with Crippen molar-refractivity contribution in [2.45, 2.75) is 31.8 Å². The van der Waals surface area contributed by atoms with Crippen molar-refractivity contribution < 1.29 is 14.3 Å². The van der Waals surface area contributed by atoms with Crippen LogP contribution in [0, 0.1) is 11.3 Å². The number of benzene rings is 1. The molecule has 0 saturated heterocycles. The fourth-order valence-corrected chi connectivity index (χ4v) is 3.61. The molecule has 1 fully saturated rings. The first-order chi connectivity index (χ1) is 14.1. The second-order valence-electron chi connectivity index (χ2n) is 6.79. The molecular formula is C21H18N4O3S. The third-order valence-electron chi connectivity index (χ3n) is 4.61. The Morgan fingerprint density at radius 3 is 2.76 bits per heavy atom. The maximum atomic E-state index is 12.8. The van der Waals surface area contributed by atoms with Gasteiger partial charge in [0.05, 0.1) is 16.9 Å². The van der Waals surface area contributed by atoms with Crippen molar-refractivity contribution in [3.8, 4) is 11.8 Å². The quantitative estimate of drug-likeness (QED) is 0.627. The molecule has 0 unspecified atom stereocenters. The van der Waals surface area contributed by atoms with Gasteiger partial charge in [0.2, 0.25) is 0 Å². The van der Waals surface area contributed by atoms with E-state index in [2.05, 4.69) is 10.4 Å². The van der Waals surface area contributed by atoms with E-state index in [1.54, 1.807) is 22.2 Å². The highest BCUT2D eigenvalue weighted by Gasteiger charge is 2.30. The monoisotopic (exact) mass is 406 g/mol. The van der Waals surface area contributed by atoms with Crippen LogP contribution < -0.4 is 5.32 Å². The van der Waals surface area contributed by atoms with Crippen LogP contribution in [0.5, 0.6) is 0 Å². The predicted molar refractivity (Wildman–Crippen MR) is 108 cm³/mol. The van der Waals surface area contributed by atoms with Gasteiger partial charge in [0, 0.05) is 5.92 Å². The molecule has 29 heavy (non-hydrogen) atoms. The first-order valence-electron chi connectivity index (χ1n) is 9.21. The number of hydrogen-bond donors (Lipinski definition) is 1. The van der Waals surface area contributed by atoms with Crippen molar-refractivity contribution in [3.05, 3.63) is 64.8 Å². The number of ether oxygens (including phenoxy) is 1. The summed E-state index contributed by atoms with van der Waals surface area (Å²) in [4.78, 5) is 25.2. The molecule has 7 nitrogen and oxygen atoms in total. The van der Waals surface area contributed by atoms with Gasteiger partial charge in [0.15, 0.2) is 11.8 Å². The zero-order valence-corrected chi connectivity index (χ0v) is 16.5. The van der Waals surface area contributed by atoms with Crippen molar-refractivity contribution in [3.63, 3.8) is 0 Å². The molecule has 1 aliphatic rings. The van der Waals surface area contributed by atoms with Gasteiger partial charge in [-0.2, -0.15) is 10.4 Å². The van der Waals surface area contributed by atoms with Crippen molar-refractivity contribution in [2.75, 3.05) is 5.32 Å². The number of nitrogens with one attached hydrogen (secondary N) is 1. The van der Waals surface area contributed by atoms with E-state index in [1.807, 2.05) is 36.4 Å². The van der Waals surface area contributed by atoms with Crippen LogP contribution in [0.4, 0.5) is 5.00 Å². The Kier molecular flexibility index (Phi) is 5.14. The van der Waals surface area contributed by atoms with Gasteiger partial charge in [-0.25, -0.2) is 9.48 Å². The number of anilines is 1. The lowest BCUT2D eigenvalue weighted by Crippen LogP contribution is -2.30. The summed E-state index contributed by atoms with van der Waals surface area (Å²) in [5, 5.41) is 18.4. The Hall–Kier alpha value is -3.44. The molecule has 1 aromatic carbocycles. The minimum atomic E-state index is -1.03. The van der Waals surface area contributed by atoms with Crippen LogP contribution in [0.2, 0.25) is 0 Å². The number of carbonyl (C=O) groups excluding carboxylic acids is 2. The van der Waals surface area contributed by atoms with Gasteiger partial charge in [0.25, 0.3) is 5.91 Å². The standard InChI is InChI=1S/C21H18N4O3S/c1-13(19(26)23-20-15(12-22)9-10-29-20)28-21(27)18-11-17(14-7-8-14)24-25(18)16-5-3-2-4-6-16/h2-6,9-11,13-14H,7-8H2,1H3,(H,23,26)/t13-/m1/s1. The second-order valence-corrected chi connectivity index (χ2v) is 7.70. The zero-order valence-electron chi connectivity index (χ0n) is 15.7. The van der Waals surface area contributed by atoms with Crippen LogP contribution in [0.1, 0.15) is 47.4 Å². The van der Waals surface area contributed by atoms with Crippen molar-refractivity contribution >= 4 is 28.2 Å². The molecule has 8 heteroatoms. The smallest absolute Gasteiger partial charge is 0.357 e. The van der Waals surface area contributed by atoms with Gasteiger partial charge in [-0.05, 0) is 49.4 Å². The summed E-state index contributed by atoms with van der Waals surface area (Å²) in [5.74, 6) is -0.747. The molecule has 1 N–H and O–H groups in total. The van der Waals surface area contributed by atoms with Crippen LogP contribution in [0.15, 0.2) is 47.8 Å². The van der Waals surface area contributed by atoms with Crippen LogP contribution in [0.3, 0.4) is 0 Å². The molecule has 146 valence electrons. The van der Waals surface area contributed by atoms with Gasteiger partial charge in [0.1, 0.15) is 11.1 Å². The Labute approximate surface area is 171 Å². The number of carbonyl (C=O) groups is 2. The first-order valence-corrected chi connectivity index (χ1v) is 10.1. The van der Waals surface area contributed by atoms with Crippen LogP contribution in [0.25, 0.3) is 5.69 Å². The normalized spacial score (nSPS) is 14.1. The SMILES string of the molecule is C[C@@H](OC(=O)c1cc(C2CC2)nn1-c1ccccc1)C(=O)Nc1sccc1C#N. The molecule has 0 bridgehead atoms. The molecule has 0 aliphatic heterocycles. The minimum absolute atomic E-state index is 0.284. The topological polar surface area (TPSA) is 97.0 Å². The Bertz CT molecular complexity index is 1090. The van der Waals surface area contributed by atoms with Crippen LogP contribution in [-0.4, -0.2) is 27.8 Å². The highest BCUT2D eigenvalue weighted by molar-refractivity contribution is 7.14. The summed E-state index contributed by atoms with van der Waals surface area (Å²) >= 11 is 1.24. The number of amides is 1. The van der Waals surface area contributed by atoms with E-state index < -0.39 is 18.0 Å². The zero-order chi connectivity index (χ0) is 20.4. The molecule has 0 radical (unpaired) electrons. The number of para-hydroxylation sites is 1. The third-order valence-corrected chi connectivity index (χ3v) is 5.44. The van der Waals surface area contributed by atoms with Crippen LogP contribution >= 0.6 is 11.3 Å². The number of thiophene rings is 1. The highest BCUT2D eigenvalue weighted by atomic mass is 32.1. The minimum Gasteiger partial charge on any atom is -0.448 e. The van der Waals surface area contributed by atoms with Crippen molar-refractivity contribution in [1.82, 2.24) is 9.78 Å². The number of nitrogens with zero attached hydrogens (tertiary/aromatic N) is 3. The third kappa shape index (κ3) is 4.05. The summed E-state index contributed by atoms with van der Waals surface area (Å²) in [6.45, 7) is 1.50. The van der Waals surface area contributed by atoms with Gasteiger partial charge in [-0.3, -0.25) is 4.79 Å². The number of hydrogen-bond acceptors (Lipinski definition) is 6. The Morgan fingerprint density at radius 1 is 1.31 bits per heavy atom. The molecule has 2 aromatic heterocycles. The molecule has 2 heterocycles. The molecular weight excluding hydrogens is 388 g/mol. The largest absolute Gasteiger partial charge is 0.448 e. The van der Waals surface area contributed by atoms with Gasteiger partial charge < -0.3 is 10.1 Å². The fourth-order valence-electron chi connectivity index (χ4n) is 2.87. The Morgan fingerprint density at radius 2 is 2.07 bits per heavy atom. The molecule has 0 spiro atoms. The summed E-state index contributed by atoms with van der Waals surface area (Å²) < 4.78 is 6.97. The van der Waals surface area contributed by atoms with Crippen molar-refractivity contribution in [2.24, 2.45) is 0 Å². The number of rotatable bonds is 6. The molecule has 1 aliphatic carbocycles. The molecule has 4 rings (SSSR count). The molecule has 1 amide bonds. The van der Waals surface area contributed by atoms with Gasteiger partial charge >= 0.3 is 5.97 Å². The average Bonchev–Trinajstić information content (AvgIpc) is 3.32. The summed E-state index contributed by atoms with van der Waals surface area (Å²) in [6.07, 6.45) is 1.09. The van der Waals surface area contributed by atoms with E-state index in [4.69, 9.17) is 10.00 Å². The number of aromatic nitrogens is 2. The lowest BCUT2D eigenvalue weighted by atomic mass is 10.2. The van der Waals surface area contributed by atoms with E-state index in [-0.39, 0.29) is 5.69 Å². The number of esters is 1. The molecule has 3 aromatic rings. The second kappa shape index (κ2) is 7.89. The van der Waals surface area contributed by atoms with Crippen molar-refractivity contribution in [1.29, 1.82) is 5.26 Å². The summed E-state index contributed by atoms with van der Waals surface area (Å²) in [6, 6.07) is 14.7. The Balaban J connectivity index is 1.52. The van der Waals surface area contributed by atoms with Gasteiger partial charge in [-0.15, -0.1) is 11.3 Å².